The van der Waals surface area contributed by atoms with E-state index in [0.29, 0.717) is 31.1 Å². The molecule has 1 aliphatic rings. The summed E-state index contributed by atoms with van der Waals surface area (Å²) in [5, 5.41) is 0. The van der Waals surface area contributed by atoms with Gasteiger partial charge in [-0.25, -0.2) is 4.39 Å². The molecule has 0 N–H and O–H groups in total. The molecule has 0 atom stereocenters. The van der Waals surface area contributed by atoms with E-state index in [2.05, 4.69) is 0 Å². The lowest BCUT2D eigenvalue weighted by atomic mass is 10.1. The van der Waals surface area contributed by atoms with Crippen molar-refractivity contribution in [2.45, 2.75) is 6.92 Å². The zero-order chi connectivity index (χ0) is 14.7. The molecular formula is C14H16FNO4. The van der Waals surface area contributed by atoms with Crippen LogP contribution in [0.1, 0.15) is 15.9 Å². The van der Waals surface area contributed by atoms with Crippen LogP contribution in [-0.2, 0) is 14.3 Å². The van der Waals surface area contributed by atoms with Gasteiger partial charge in [0.25, 0.3) is 11.7 Å². The van der Waals surface area contributed by atoms with Crippen molar-refractivity contribution in [1.82, 2.24) is 0 Å². The van der Waals surface area contributed by atoms with E-state index in [1.54, 1.807) is 14.0 Å². The monoisotopic (exact) mass is 281 g/mol. The first-order chi connectivity index (χ1) is 9.56. The Morgan fingerprint density at radius 1 is 1.20 bits per heavy atom. The third kappa shape index (κ3) is 2.71. The first kappa shape index (κ1) is 14.6. The Labute approximate surface area is 116 Å². The van der Waals surface area contributed by atoms with Gasteiger partial charge in [0.15, 0.2) is 0 Å². The molecule has 1 aliphatic heterocycles. The fourth-order valence-electron chi connectivity index (χ4n) is 2.22. The Bertz CT molecular complexity index is 544. The standard InChI is InChI=1S/C14H16FNO4/c1-9-7-10(15)8-11-12(9)16(14(18)13(11)17)3-4-20-6-5-19-2/h7-8H,3-6H2,1-2H3. The summed E-state index contributed by atoms with van der Waals surface area (Å²) in [4.78, 5) is 25.1. The van der Waals surface area contributed by atoms with Crippen molar-refractivity contribution in [3.05, 3.63) is 29.1 Å². The van der Waals surface area contributed by atoms with Crippen LogP contribution in [0.15, 0.2) is 12.1 Å². The molecule has 0 fully saturated rings. The molecule has 1 aromatic carbocycles. The van der Waals surface area contributed by atoms with Crippen molar-refractivity contribution in [3.63, 3.8) is 0 Å². The summed E-state index contributed by atoms with van der Waals surface area (Å²) in [7, 11) is 1.57. The molecule has 0 aromatic heterocycles. The van der Waals surface area contributed by atoms with Crippen LogP contribution in [0.4, 0.5) is 10.1 Å². The van der Waals surface area contributed by atoms with E-state index < -0.39 is 17.5 Å². The lowest BCUT2D eigenvalue weighted by Gasteiger charge is -2.18. The number of halogens is 1. The predicted octanol–water partition coefficient (Wildman–Crippen LogP) is 1.33. The zero-order valence-electron chi connectivity index (χ0n) is 11.4. The van der Waals surface area contributed by atoms with Gasteiger partial charge in [-0.2, -0.15) is 0 Å². The number of aryl methyl sites for hydroxylation is 1. The van der Waals surface area contributed by atoms with Crippen molar-refractivity contribution in [2.24, 2.45) is 0 Å². The first-order valence-corrected chi connectivity index (χ1v) is 6.29. The minimum atomic E-state index is -0.667. The third-order valence-electron chi connectivity index (χ3n) is 3.11. The molecule has 2 rings (SSSR count). The summed E-state index contributed by atoms with van der Waals surface area (Å²) in [6.45, 7) is 3.11. The lowest BCUT2D eigenvalue weighted by molar-refractivity contribution is -0.114. The number of ketones is 1. The van der Waals surface area contributed by atoms with E-state index in [1.807, 2.05) is 0 Å². The zero-order valence-corrected chi connectivity index (χ0v) is 11.4. The summed E-state index contributed by atoms with van der Waals surface area (Å²) >= 11 is 0. The average molecular weight is 281 g/mol. The topological polar surface area (TPSA) is 55.8 Å². The highest BCUT2D eigenvalue weighted by Crippen LogP contribution is 2.32. The van der Waals surface area contributed by atoms with Crippen molar-refractivity contribution < 1.29 is 23.5 Å². The van der Waals surface area contributed by atoms with Gasteiger partial charge in [0.2, 0.25) is 0 Å². The number of fused-ring (bicyclic) bond motifs is 1. The van der Waals surface area contributed by atoms with Crippen LogP contribution in [0.5, 0.6) is 0 Å². The lowest BCUT2D eigenvalue weighted by Crippen LogP contribution is -2.33. The number of hydrogen-bond donors (Lipinski definition) is 0. The van der Waals surface area contributed by atoms with Crippen molar-refractivity contribution in [3.8, 4) is 0 Å². The van der Waals surface area contributed by atoms with Gasteiger partial charge in [-0.05, 0) is 24.6 Å². The molecule has 0 aliphatic carbocycles. The Morgan fingerprint density at radius 2 is 1.95 bits per heavy atom. The molecule has 108 valence electrons. The molecule has 6 heteroatoms. The first-order valence-electron chi connectivity index (χ1n) is 6.29. The van der Waals surface area contributed by atoms with E-state index in [9.17, 15) is 14.0 Å². The van der Waals surface area contributed by atoms with Crippen LogP contribution < -0.4 is 4.90 Å². The Balaban J connectivity index is 2.12. The van der Waals surface area contributed by atoms with Gasteiger partial charge < -0.3 is 14.4 Å². The van der Waals surface area contributed by atoms with Crippen LogP contribution in [0, 0.1) is 12.7 Å². The second-order valence-electron chi connectivity index (χ2n) is 4.51. The van der Waals surface area contributed by atoms with Crippen molar-refractivity contribution in [2.75, 3.05) is 38.4 Å². The highest BCUT2D eigenvalue weighted by atomic mass is 19.1. The molecule has 0 radical (unpaired) electrons. The summed E-state index contributed by atoms with van der Waals surface area (Å²) < 4.78 is 23.5. The molecule has 1 heterocycles. The maximum Gasteiger partial charge on any atom is 0.299 e. The maximum absolute atomic E-state index is 13.3. The third-order valence-corrected chi connectivity index (χ3v) is 3.11. The molecule has 0 saturated carbocycles. The number of nitrogens with zero attached hydrogens (tertiary/aromatic N) is 1. The van der Waals surface area contributed by atoms with Crippen LogP contribution >= 0.6 is 0 Å². The Hall–Kier alpha value is -1.79. The van der Waals surface area contributed by atoms with Crippen LogP contribution in [0.2, 0.25) is 0 Å². The van der Waals surface area contributed by atoms with Crippen molar-refractivity contribution in [1.29, 1.82) is 0 Å². The fourth-order valence-corrected chi connectivity index (χ4v) is 2.22. The summed E-state index contributed by atoms with van der Waals surface area (Å²) in [6, 6.07) is 2.41. The Morgan fingerprint density at radius 3 is 2.65 bits per heavy atom. The molecule has 0 spiro atoms. The van der Waals surface area contributed by atoms with E-state index in [1.165, 1.54) is 11.0 Å². The second kappa shape index (κ2) is 6.11. The number of anilines is 1. The summed E-state index contributed by atoms with van der Waals surface area (Å²) in [5.41, 5.74) is 1.18. The van der Waals surface area contributed by atoms with Crippen LogP contribution in [0.3, 0.4) is 0 Å². The van der Waals surface area contributed by atoms with Gasteiger partial charge in [-0.3, -0.25) is 9.59 Å². The summed E-state index contributed by atoms with van der Waals surface area (Å²) in [6.07, 6.45) is 0. The maximum atomic E-state index is 13.3. The largest absolute Gasteiger partial charge is 0.382 e. The SMILES string of the molecule is COCCOCCN1C(=O)C(=O)c2cc(F)cc(C)c21. The van der Waals surface area contributed by atoms with Gasteiger partial charge in [0.05, 0.1) is 31.1 Å². The molecule has 20 heavy (non-hydrogen) atoms. The summed E-state index contributed by atoms with van der Waals surface area (Å²) in [5.74, 6) is -1.82. The van der Waals surface area contributed by atoms with Crippen LogP contribution in [-0.4, -0.2) is 45.2 Å². The second-order valence-corrected chi connectivity index (χ2v) is 4.51. The molecule has 0 saturated heterocycles. The van der Waals surface area contributed by atoms with Crippen molar-refractivity contribution >= 4 is 17.4 Å². The van der Waals surface area contributed by atoms with Gasteiger partial charge in [-0.1, -0.05) is 0 Å². The smallest absolute Gasteiger partial charge is 0.299 e. The molecule has 1 aromatic rings. The molecule has 0 bridgehead atoms. The van der Waals surface area contributed by atoms with Crippen LogP contribution in [0.25, 0.3) is 0 Å². The van der Waals surface area contributed by atoms with E-state index in [4.69, 9.17) is 9.47 Å². The number of methoxy groups -OCH3 is 1. The number of rotatable bonds is 6. The number of ether oxygens (including phenoxy) is 2. The number of carbonyl (C=O) groups is 2. The average Bonchev–Trinajstić information content (AvgIpc) is 2.64. The molecular weight excluding hydrogens is 265 g/mol. The number of amides is 1. The normalized spacial score (nSPS) is 14.1. The van der Waals surface area contributed by atoms with E-state index in [0.717, 1.165) is 6.07 Å². The van der Waals surface area contributed by atoms with Gasteiger partial charge in [0, 0.05) is 13.7 Å². The van der Waals surface area contributed by atoms with Gasteiger partial charge >= 0.3 is 0 Å². The van der Waals surface area contributed by atoms with Gasteiger partial charge in [0.1, 0.15) is 5.82 Å². The number of benzene rings is 1. The molecule has 5 nitrogen and oxygen atoms in total. The quantitative estimate of drug-likeness (QED) is 0.583. The molecule has 0 unspecified atom stereocenters. The highest BCUT2D eigenvalue weighted by molar-refractivity contribution is 6.52. The fraction of sp³-hybridized carbons (Fsp3) is 0.429. The minimum absolute atomic E-state index is 0.129. The van der Waals surface area contributed by atoms with E-state index >= 15 is 0 Å². The van der Waals surface area contributed by atoms with Gasteiger partial charge in [-0.15, -0.1) is 0 Å². The van der Waals surface area contributed by atoms with E-state index in [-0.39, 0.29) is 12.1 Å². The predicted molar refractivity (Wildman–Crippen MR) is 70.5 cm³/mol. The highest BCUT2D eigenvalue weighted by Gasteiger charge is 2.37. The number of hydrogen-bond acceptors (Lipinski definition) is 4. The number of carbonyl (C=O) groups excluding carboxylic acids is 2. The number of Topliss-reactive ketones (excluding diaryl/α,β-unsaturated/α-hetero) is 1. The molecule has 1 amide bonds. The minimum Gasteiger partial charge on any atom is -0.382 e. The Kier molecular flexibility index (Phi) is 4.46.